The highest BCUT2D eigenvalue weighted by Gasteiger charge is 2.57. The molecule has 5 heterocycles. The molecule has 12 heteroatoms. The lowest BCUT2D eigenvalue weighted by Gasteiger charge is -2.39. The third-order valence-corrected chi connectivity index (χ3v) is 27.4. The molecule has 0 radical (unpaired) electrons. The normalized spacial score (nSPS) is 32.6. The molecule has 8 aromatic carbocycles. The number of ether oxygens (including phenoxy) is 4. The van der Waals surface area contributed by atoms with Gasteiger partial charge in [-0.05, 0) is 217 Å². The molecule has 0 spiro atoms. The summed E-state index contributed by atoms with van der Waals surface area (Å²) in [6.45, 7) is 18.6. The van der Waals surface area contributed by atoms with Gasteiger partial charge in [-0.3, -0.25) is 42.5 Å². The highest BCUT2D eigenvalue weighted by molar-refractivity contribution is 5.44. The molecule has 9 aliphatic rings. The second-order valence-corrected chi connectivity index (χ2v) is 34.7. The van der Waals surface area contributed by atoms with E-state index in [9.17, 15) is 0 Å². The maximum Gasteiger partial charge on any atom is 0.119 e. The van der Waals surface area contributed by atoms with Gasteiger partial charge in [-0.15, -0.1) is 0 Å². The molecule has 104 heavy (non-hydrogen) atoms. The Labute approximate surface area is 619 Å². The van der Waals surface area contributed by atoms with E-state index in [2.05, 4.69) is 316 Å². The number of nitrogens with one attached hydrogen (secondary N) is 8. The highest BCUT2D eigenvalue weighted by Crippen LogP contribution is 2.49. The lowest BCUT2D eigenvalue weighted by molar-refractivity contribution is 0.0626. The number of hydrogen-bond donors (Lipinski definition) is 8. The van der Waals surface area contributed by atoms with Gasteiger partial charge in [0.2, 0.25) is 0 Å². The van der Waals surface area contributed by atoms with Crippen LogP contribution in [0.4, 0.5) is 0 Å². The minimum atomic E-state index is -0.126. The van der Waals surface area contributed by atoms with Gasteiger partial charge in [0.05, 0.1) is 73.7 Å². The van der Waals surface area contributed by atoms with Crippen molar-refractivity contribution in [3.05, 3.63) is 263 Å². The molecular formula is C92H112N8O4. The van der Waals surface area contributed by atoms with Crippen LogP contribution < -0.4 is 61.5 Å². The van der Waals surface area contributed by atoms with Crippen molar-refractivity contribution in [1.82, 2.24) is 42.5 Å². The van der Waals surface area contributed by atoms with Crippen molar-refractivity contribution in [2.75, 3.05) is 0 Å². The molecule has 12 nitrogen and oxygen atoms in total. The Morgan fingerprint density at radius 1 is 0.202 bits per heavy atom. The van der Waals surface area contributed by atoms with Gasteiger partial charge >= 0.3 is 0 Å². The molecule has 5 aliphatic heterocycles. The Morgan fingerprint density at radius 3 is 0.548 bits per heavy atom. The summed E-state index contributed by atoms with van der Waals surface area (Å²) in [5.74, 6) is 6.71. The monoisotopic (exact) mass is 1390 g/mol. The first kappa shape index (κ1) is 69.7. The van der Waals surface area contributed by atoms with Crippen LogP contribution in [0.15, 0.2) is 218 Å². The topological polar surface area (TPSA) is 133 Å². The first-order chi connectivity index (χ1) is 50.4. The van der Waals surface area contributed by atoms with E-state index in [1.54, 1.807) is 0 Å². The van der Waals surface area contributed by atoms with Crippen molar-refractivity contribution in [1.29, 1.82) is 0 Å². The van der Waals surface area contributed by atoms with E-state index in [-0.39, 0.29) is 95.4 Å². The number of fused-ring (bicyclic) bond motifs is 20. The standard InChI is InChI=1S/C92H112N8O4/c1-89(2,57-21-13-9-14-22-57)61-29-37-65(38-30-61)101-69-45-49-73-77(53-69)85-95-81(73)93-82-75-51-47-71(103-67-41-33-63(34-42-67)91(5,6)59-25-17-11-18-26-59)55-79(75)87(97-82)100-88-80-56-72(104-68-43-35-64(36-44-68)92(7,8)60-27-19-12-20-28-60)48-52-76(80)84(98-88)94-83-74-50-46-70(54-78(74)86(96-83)99-85)102-66-39-31-62(32-40-66)90(3,4)58-23-15-10-16-24-58/h9-44,69-88,93-100H,45-56H2,1-8H3. The van der Waals surface area contributed by atoms with Crippen molar-refractivity contribution < 1.29 is 18.9 Å². The Kier molecular flexibility index (Phi) is 19.3. The van der Waals surface area contributed by atoms with Crippen LogP contribution in [-0.2, 0) is 21.7 Å². The second kappa shape index (κ2) is 28.7. The van der Waals surface area contributed by atoms with Gasteiger partial charge in [0.15, 0.2) is 0 Å². The van der Waals surface area contributed by atoms with Gasteiger partial charge in [0, 0.05) is 21.7 Å². The Morgan fingerprint density at radius 2 is 0.365 bits per heavy atom. The van der Waals surface area contributed by atoms with E-state index in [0.29, 0.717) is 47.3 Å². The summed E-state index contributed by atoms with van der Waals surface area (Å²) in [5.41, 5.74) is 9.89. The molecule has 4 aliphatic carbocycles. The quantitative estimate of drug-likeness (QED) is 0.0468. The van der Waals surface area contributed by atoms with Gasteiger partial charge in [-0.1, -0.05) is 225 Å². The van der Waals surface area contributed by atoms with Crippen LogP contribution in [-0.4, -0.2) is 73.7 Å². The van der Waals surface area contributed by atoms with E-state index in [4.69, 9.17) is 18.9 Å². The summed E-state index contributed by atoms with van der Waals surface area (Å²) in [6.07, 6.45) is 13.1. The summed E-state index contributed by atoms with van der Waals surface area (Å²) >= 11 is 0. The zero-order valence-electron chi connectivity index (χ0n) is 62.4. The molecule has 0 amide bonds. The fraction of sp³-hybridized carbons (Fsp3) is 0.478. The summed E-state index contributed by atoms with van der Waals surface area (Å²) in [5, 5.41) is 35.3. The molecule has 544 valence electrons. The second-order valence-electron chi connectivity index (χ2n) is 34.7. The first-order valence-corrected chi connectivity index (χ1v) is 39.8. The van der Waals surface area contributed by atoms with Crippen LogP contribution in [0.5, 0.6) is 23.0 Å². The lowest BCUT2D eigenvalue weighted by Crippen LogP contribution is -2.61. The lowest BCUT2D eigenvalue weighted by atomic mass is 9.75. The molecule has 20 atom stereocenters. The van der Waals surface area contributed by atoms with Crippen molar-refractivity contribution >= 4 is 0 Å². The molecule has 8 bridgehead atoms. The maximum atomic E-state index is 7.15. The minimum Gasteiger partial charge on any atom is -0.490 e. The summed E-state index contributed by atoms with van der Waals surface area (Å²) in [7, 11) is 0. The molecule has 5 saturated heterocycles. The van der Waals surface area contributed by atoms with Crippen molar-refractivity contribution in [3.63, 3.8) is 0 Å². The smallest absolute Gasteiger partial charge is 0.119 e. The van der Waals surface area contributed by atoms with Gasteiger partial charge in [0.25, 0.3) is 0 Å². The molecule has 8 aromatic rings. The molecule has 8 N–H and O–H groups in total. The first-order valence-electron chi connectivity index (χ1n) is 39.8. The van der Waals surface area contributed by atoms with Crippen LogP contribution in [0.2, 0.25) is 0 Å². The van der Waals surface area contributed by atoms with Crippen LogP contribution in [0.1, 0.15) is 177 Å². The third-order valence-electron chi connectivity index (χ3n) is 27.4. The average molecular weight is 1390 g/mol. The van der Waals surface area contributed by atoms with E-state index < -0.39 is 0 Å². The SMILES string of the molecule is CC(C)(c1ccccc1)c1ccc(OC2CCC3C4NC5NC(NC6NC(NC7NC(NC(N4)C3C2)C2CC(Oc3ccc(C(C)(C)c4ccccc4)cc3)CCC72)C2CCC(Oc3ccc(C(C)(C)c4ccccc4)cc3)CC62)C2CC(Oc3ccc(C(C)(C)c4ccccc4)cc3)CCC52)cc1. The van der Waals surface area contributed by atoms with E-state index in [0.717, 1.165) is 100 Å². The van der Waals surface area contributed by atoms with E-state index in [1.165, 1.54) is 44.5 Å². The largest absolute Gasteiger partial charge is 0.490 e. The summed E-state index contributed by atoms with van der Waals surface area (Å²) in [6, 6.07) is 79.5. The van der Waals surface area contributed by atoms with Crippen molar-refractivity contribution in [2.45, 2.75) is 228 Å². The van der Waals surface area contributed by atoms with E-state index in [1.807, 2.05) is 0 Å². The fourth-order valence-electron chi connectivity index (χ4n) is 20.9. The summed E-state index contributed by atoms with van der Waals surface area (Å²) in [4.78, 5) is 0. The molecule has 17 rings (SSSR count). The third kappa shape index (κ3) is 13.9. The van der Waals surface area contributed by atoms with Crippen molar-refractivity contribution in [3.8, 4) is 23.0 Å². The predicted molar refractivity (Wildman–Crippen MR) is 416 cm³/mol. The number of hydrogen-bond acceptors (Lipinski definition) is 12. The zero-order chi connectivity index (χ0) is 70.9. The van der Waals surface area contributed by atoms with Gasteiger partial charge in [0.1, 0.15) is 23.0 Å². The average Bonchev–Trinajstić information content (AvgIpc) is 1.60. The van der Waals surface area contributed by atoms with Crippen LogP contribution in [0.25, 0.3) is 0 Å². The van der Waals surface area contributed by atoms with E-state index >= 15 is 0 Å². The minimum absolute atomic E-state index is 0.0460. The number of rotatable bonds is 16. The fourth-order valence-corrected chi connectivity index (χ4v) is 20.9. The van der Waals surface area contributed by atoms with Gasteiger partial charge in [-0.25, -0.2) is 0 Å². The van der Waals surface area contributed by atoms with Gasteiger partial charge < -0.3 is 18.9 Å². The number of benzene rings is 8. The molecule has 20 unspecified atom stereocenters. The van der Waals surface area contributed by atoms with Crippen molar-refractivity contribution in [2.24, 2.45) is 47.3 Å². The molecule has 4 saturated carbocycles. The maximum absolute atomic E-state index is 7.15. The van der Waals surface area contributed by atoms with Gasteiger partial charge in [-0.2, -0.15) is 0 Å². The molecule has 9 fully saturated rings. The Bertz CT molecular complexity index is 3630. The van der Waals surface area contributed by atoms with Crippen LogP contribution in [0, 0.1) is 47.3 Å². The van der Waals surface area contributed by atoms with Crippen LogP contribution in [0.3, 0.4) is 0 Å². The Balaban J connectivity index is 0.664. The predicted octanol–water partition coefficient (Wildman–Crippen LogP) is 16.1. The highest BCUT2D eigenvalue weighted by atomic mass is 16.5. The summed E-state index contributed by atoms with van der Waals surface area (Å²) < 4.78 is 28.6. The molecular weight excluding hydrogens is 1280 g/mol. The van der Waals surface area contributed by atoms with Crippen LogP contribution >= 0.6 is 0 Å². The molecule has 0 aromatic heterocycles. The zero-order valence-corrected chi connectivity index (χ0v) is 62.4. The Hall–Kier alpha value is -7.36.